The SMILES string of the molecule is Cc1cc(CNCCCC#N)no1. The summed E-state index contributed by atoms with van der Waals surface area (Å²) in [6.07, 6.45) is 1.48. The van der Waals surface area contributed by atoms with Gasteiger partial charge in [-0.1, -0.05) is 5.16 Å². The number of nitrogens with one attached hydrogen (secondary N) is 1. The average molecular weight is 179 g/mol. The fourth-order valence-corrected chi connectivity index (χ4v) is 1.01. The Balaban J connectivity index is 2.10. The molecule has 0 spiro atoms. The standard InChI is InChI=1S/C9H13N3O/c1-8-6-9(12-13-8)7-11-5-3-2-4-10/h6,11H,2-3,5,7H2,1H3. The van der Waals surface area contributed by atoms with Crippen LogP contribution in [0.1, 0.15) is 24.3 Å². The minimum atomic E-state index is 0.602. The van der Waals surface area contributed by atoms with Crippen LogP contribution in [0.4, 0.5) is 0 Å². The molecule has 0 aliphatic heterocycles. The first-order valence-electron chi connectivity index (χ1n) is 4.33. The molecule has 0 aliphatic rings. The van der Waals surface area contributed by atoms with E-state index in [1.807, 2.05) is 13.0 Å². The molecule has 1 rings (SSSR count). The predicted molar refractivity (Wildman–Crippen MR) is 47.8 cm³/mol. The van der Waals surface area contributed by atoms with Crippen LogP contribution < -0.4 is 5.32 Å². The van der Waals surface area contributed by atoms with Crippen molar-refractivity contribution in [2.45, 2.75) is 26.3 Å². The van der Waals surface area contributed by atoms with Gasteiger partial charge in [-0.05, 0) is 19.9 Å². The molecule has 70 valence electrons. The summed E-state index contributed by atoms with van der Waals surface area (Å²) in [6, 6.07) is 4.00. The molecule has 0 amide bonds. The molecule has 1 N–H and O–H groups in total. The topological polar surface area (TPSA) is 61.9 Å². The molecule has 1 heterocycles. The molecule has 4 nitrogen and oxygen atoms in total. The molecular weight excluding hydrogens is 166 g/mol. The largest absolute Gasteiger partial charge is 0.361 e. The Hall–Kier alpha value is -1.34. The van der Waals surface area contributed by atoms with Gasteiger partial charge in [-0.15, -0.1) is 0 Å². The third-order valence-corrected chi connectivity index (χ3v) is 1.63. The van der Waals surface area contributed by atoms with Gasteiger partial charge in [0.15, 0.2) is 0 Å². The summed E-state index contributed by atoms with van der Waals surface area (Å²) >= 11 is 0. The third kappa shape index (κ3) is 3.72. The van der Waals surface area contributed by atoms with Gasteiger partial charge in [0.05, 0.1) is 11.8 Å². The molecule has 0 saturated heterocycles. The molecule has 0 aliphatic carbocycles. The normalized spacial score (nSPS) is 9.85. The van der Waals surface area contributed by atoms with Crippen LogP contribution in [0.3, 0.4) is 0 Å². The van der Waals surface area contributed by atoms with Gasteiger partial charge in [0.2, 0.25) is 0 Å². The van der Waals surface area contributed by atoms with Crippen molar-refractivity contribution in [1.82, 2.24) is 10.5 Å². The van der Waals surface area contributed by atoms with Crippen molar-refractivity contribution >= 4 is 0 Å². The summed E-state index contributed by atoms with van der Waals surface area (Å²) in [5, 5.41) is 15.3. The summed E-state index contributed by atoms with van der Waals surface area (Å²) in [6.45, 7) is 3.43. The zero-order valence-corrected chi connectivity index (χ0v) is 7.71. The lowest BCUT2D eigenvalue weighted by Gasteiger charge is -1.97. The Kier molecular flexibility index (Phi) is 4.00. The fraction of sp³-hybridized carbons (Fsp3) is 0.556. The first-order valence-corrected chi connectivity index (χ1v) is 4.33. The molecule has 1 aromatic rings. The monoisotopic (exact) mass is 179 g/mol. The Morgan fingerprint density at radius 3 is 3.15 bits per heavy atom. The van der Waals surface area contributed by atoms with Crippen LogP contribution in [0, 0.1) is 18.3 Å². The molecule has 0 fully saturated rings. The summed E-state index contributed by atoms with van der Waals surface area (Å²) in [5.74, 6) is 0.828. The second-order valence-corrected chi connectivity index (χ2v) is 2.87. The summed E-state index contributed by atoms with van der Waals surface area (Å²) in [5.41, 5.74) is 0.912. The van der Waals surface area contributed by atoms with Crippen molar-refractivity contribution in [1.29, 1.82) is 5.26 Å². The Morgan fingerprint density at radius 2 is 2.54 bits per heavy atom. The molecular formula is C9H13N3O. The van der Waals surface area contributed by atoms with E-state index in [0.29, 0.717) is 13.0 Å². The number of unbranched alkanes of at least 4 members (excludes halogenated alkanes) is 1. The van der Waals surface area contributed by atoms with E-state index < -0.39 is 0 Å². The van der Waals surface area contributed by atoms with E-state index in [1.165, 1.54) is 0 Å². The van der Waals surface area contributed by atoms with E-state index in [2.05, 4.69) is 16.5 Å². The molecule has 0 bridgehead atoms. The number of nitrogens with zero attached hydrogens (tertiary/aromatic N) is 2. The summed E-state index contributed by atoms with van der Waals surface area (Å²) in [4.78, 5) is 0. The molecule has 0 saturated carbocycles. The van der Waals surface area contributed by atoms with Gasteiger partial charge in [0.1, 0.15) is 5.76 Å². The highest BCUT2D eigenvalue weighted by Crippen LogP contribution is 2.00. The highest BCUT2D eigenvalue weighted by molar-refractivity contribution is 5.02. The van der Waals surface area contributed by atoms with Crippen molar-refractivity contribution in [2.75, 3.05) is 6.54 Å². The number of hydrogen-bond donors (Lipinski definition) is 1. The minimum Gasteiger partial charge on any atom is -0.361 e. The Morgan fingerprint density at radius 1 is 1.69 bits per heavy atom. The molecule has 13 heavy (non-hydrogen) atoms. The fourth-order valence-electron chi connectivity index (χ4n) is 1.01. The van der Waals surface area contributed by atoms with Crippen LogP contribution >= 0.6 is 0 Å². The van der Waals surface area contributed by atoms with E-state index in [0.717, 1.165) is 24.4 Å². The lowest BCUT2D eigenvalue weighted by atomic mass is 10.3. The Bertz CT molecular complexity index is 287. The van der Waals surface area contributed by atoms with Gasteiger partial charge in [-0.25, -0.2) is 0 Å². The maximum Gasteiger partial charge on any atom is 0.133 e. The minimum absolute atomic E-state index is 0.602. The van der Waals surface area contributed by atoms with E-state index in [4.69, 9.17) is 9.78 Å². The maximum absolute atomic E-state index is 8.28. The van der Waals surface area contributed by atoms with Gasteiger partial charge < -0.3 is 9.84 Å². The predicted octanol–water partition coefficient (Wildman–Crippen LogP) is 1.38. The van der Waals surface area contributed by atoms with Crippen LogP contribution in [0.25, 0.3) is 0 Å². The molecule has 0 radical (unpaired) electrons. The van der Waals surface area contributed by atoms with Gasteiger partial charge in [0.25, 0.3) is 0 Å². The van der Waals surface area contributed by atoms with Crippen molar-refractivity contribution < 1.29 is 4.52 Å². The average Bonchev–Trinajstić information content (AvgIpc) is 2.51. The van der Waals surface area contributed by atoms with E-state index in [1.54, 1.807) is 0 Å². The number of aromatic nitrogens is 1. The number of rotatable bonds is 5. The van der Waals surface area contributed by atoms with Crippen LogP contribution in [-0.4, -0.2) is 11.7 Å². The van der Waals surface area contributed by atoms with Crippen molar-refractivity contribution in [3.63, 3.8) is 0 Å². The molecule has 4 heteroatoms. The first-order chi connectivity index (χ1) is 6.33. The molecule has 0 aromatic carbocycles. The highest BCUT2D eigenvalue weighted by Gasteiger charge is 1.98. The maximum atomic E-state index is 8.28. The number of hydrogen-bond acceptors (Lipinski definition) is 4. The van der Waals surface area contributed by atoms with Gasteiger partial charge in [-0.2, -0.15) is 5.26 Å². The van der Waals surface area contributed by atoms with Gasteiger partial charge >= 0.3 is 0 Å². The smallest absolute Gasteiger partial charge is 0.133 e. The molecule has 1 aromatic heterocycles. The van der Waals surface area contributed by atoms with Crippen LogP contribution in [0.15, 0.2) is 10.6 Å². The van der Waals surface area contributed by atoms with Crippen molar-refractivity contribution in [3.8, 4) is 6.07 Å². The first kappa shape index (κ1) is 9.75. The van der Waals surface area contributed by atoms with Crippen LogP contribution in [-0.2, 0) is 6.54 Å². The summed E-state index contributed by atoms with van der Waals surface area (Å²) < 4.78 is 4.90. The van der Waals surface area contributed by atoms with Crippen molar-refractivity contribution in [2.24, 2.45) is 0 Å². The van der Waals surface area contributed by atoms with E-state index >= 15 is 0 Å². The van der Waals surface area contributed by atoms with Crippen LogP contribution in [0.2, 0.25) is 0 Å². The Labute approximate surface area is 77.5 Å². The molecule has 0 unspecified atom stereocenters. The lowest BCUT2D eigenvalue weighted by Crippen LogP contribution is -2.14. The quantitative estimate of drug-likeness (QED) is 0.693. The number of aryl methyl sites for hydroxylation is 1. The summed E-state index contributed by atoms with van der Waals surface area (Å²) in [7, 11) is 0. The van der Waals surface area contributed by atoms with E-state index in [9.17, 15) is 0 Å². The highest BCUT2D eigenvalue weighted by atomic mass is 16.5. The number of nitriles is 1. The van der Waals surface area contributed by atoms with Gasteiger partial charge in [0, 0.05) is 19.0 Å². The molecule has 0 atom stereocenters. The van der Waals surface area contributed by atoms with Crippen LogP contribution in [0.5, 0.6) is 0 Å². The zero-order valence-electron chi connectivity index (χ0n) is 7.71. The van der Waals surface area contributed by atoms with Gasteiger partial charge in [-0.3, -0.25) is 0 Å². The van der Waals surface area contributed by atoms with E-state index in [-0.39, 0.29) is 0 Å². The lowest BCUT2D eigenvalue weighted by molar-refractivity contribution is 0.388. The second kappa shape index (κ2) is 5.33. The zero-order chi connectivity index (χ0) is 9.52. The second-order valence-electron chi connectivity index (χ2n) is 2.87. The van der Waals surface area contributed by atoms with Crippen molar-refractivity contribution in [3.05, 3.63) is 17.5 Å². The third-order valence-electron chi connectivity index (χ3n) is 1.63.